The minimum atomic E-state index is -0.853. The predicted molar refractivity (Wildman–Crippen MR) is 82.7 cm³/mol. The molecule has 0 fully saturated rings. The third-order valence-electron chi connectivity index (χ3n) is 3.91. The van der Waals surface area contributed by atoms with Gasteiger partial charge < -0.3 is 10.1 Å². The van der Waals surface area contributed by atoms with Crippen LogP contribution in [0.5, 0.6) is 0 Å². The molecule has 1 aromatic heterocycles. The van der Waals surface area contributed by atoms with E-state index in [1.54, 1.807) is 6.07 Å². The quantitative estimate of drug-likeness (QED) is 0.833. The maximum atomic E-state index is 11.3. The fourth-order valence-electron chi connectivity index (χ4n) is 2.76. The number of aromatic carboxylic acids is 1. The summed E-state index contributed by atoms with van der Waals surface area (Å²) < 4.78 is 0. The van der Waals surface area contributed by atoms with E-state index in [4.69, 9.17) is 0 Å². The lowest BCUT2D eigenvalue weighted by Gasteiger charge is -2.09. The first kappa shape index (κ1) is 14.6. The molecule has 0 aliphatic rings. The van der Waals surface area contributed by atoms with Crippen LogP contribution in [-0.2, 0) is 6.42 Å². The van der Waals surface area contributed by atoms with Crippen LogP contribution in [0.3, 0.4) is 0 Å². The SMILES string of the molecule is CCCCc1c(C)[nH]c2c(C(C)C)cc(C(=O)O)cc12. The van der Waals surface area contributed by atoms with Crippen molar-refractivity contribution < 1.29 is 9.90 Å². The number of unbranched alkanes of at least 4 members (excludes halogenated alkanes) is 1. The third-order valence-corrected chi connectivity index (χ3v) is 3.91. The molecule has 20 heavy (non-hydrogen) atoms. The number of carbonyl (C=O) groups is 1. The molecule has 2 aromatic rings. The zero-order valence-electron chi connectivity index (χ0n) is 12.7. The maximum Gasteiger partial charge on any atom is 0.335 e. The number of nitrogens with one attached hydrogen (secondary N) is 1. The number of carboxylic acid groups (broad SMARTS) is 1. The molecule has 0 amide bonds. The van der Waals surface area contributed by atoms with Crippen molar-refractivity contribution >= 4 is 16.9 Å². The van der Waals surface area contributed by atoms with Gasteiger partial charge in [0, 0.05) is 16.6 Å². The molecule has 3 nitrogen and oxygen atoms in total. The van der Waals surface area contributed by atoms with E-state index in [1.807, 2.05) is 6.07 Å². The summed E-state index contributed by atoms with van der Waals surface area (Å²) in [6, 6.07) is 3.62. The van der Waals surface area contributed by atoms with Gasteiger partial charge in [-0.2, -0.15) is 0 Å². The van der Waals surface area contributed by atoms with Crippen LogP contribution < -0.4 is 0 Å². The Labute approximate surface area is 120 Å². The molecule has 0 spiro atoms. The van der Waals surface area contributed by atoms with Gasteiger partial charge in [-0.15, -0.1) is 0 Å². The summed E-state index contributed by atoms with van der Waals surface area (Å²) in [4.78, 5) is 14.8. The van der Waals surface area contributed by atoms with Crippen LogP contribution in [0.4, 0.5) is 0 Å². The zero-order valence-corrected chi connectivity index (χ0v) is 12.7. The molecule has 108 valence electrons. The number of fused-ring (bicyclic) bond motifs is 1. The van der Waals surface area contributed by atoms with Crippen molar-refractivity contribution in [3.05, 3.63) is 34.5 Å². The summed E-state index contributed by atoms with van der Waals surface area (Å²) in [5.41, 5.74) is 5.02. The number of hydrogen-bond acceptors (Lipinski definition) is 1. The van der Waals surface area contributed by atoms with Crippen LogP contribution in [0.2, 0.25) is 0 Å². The van der Waals surface area contributed by atoms with Gasteiger partial charge in [0.1, 0.15) is 0 Å². The predicted octanol–water partition coefficient (Wildman–Crippen LogP) is 4.64. The first-order valence-corrected chi connectivity index (χ1v) is 7.34. The normalized spacial score (nSPS) is 11.4. The van der Waals surface area contributed by atoms with Gasteiger partial charge in [0.05, 0.1) is 5.56 Å². The van der Waals surface area contributed by atoms with Gasteiger partial charge in [0.2, 0.25) is 0 Å². The zero-order chi connectivity index (χ0) is 14.9. The Bertz CT molecular complexity index is 638. The molecule has 0 saturated heterocycles. The number of benzene rings is 1. The molecular weight excluding hydrogens is 250 g/mol. The molecule has 3 heteroatoms. The van der Waals surface area contributed by atoms with Gasteiger partial charge in [0.15, 0.2) is 0 Å². The van der Waals surface area contributed by atoms with Crippen LogP contribution in [0.25, 0.3) is 10.9 Å². The van der Waals surface area contributed by atoms with Gasteiger partial charge in [-0.3, -0.25) is 0 Å². The molecule has 0 aliphatic heterocycles. The minimum absolute atomic E-state index is 0.300. The van der Waals surface area contributed by atoms with Crippen LogP contribution >= 0.6 is 0 Å². The highest BCUT2D eigenvalue weighted by Crippen LogP contribution is 2.31. The number of aromatic amines is 1. The maximum absolute atomic E-state index is 11.3. The molecule has 0 aliphatic carbocycles. The van der Waals surface area contributed by atoms with E-state index >= 15 is 0 Å². The van der Waals surface area contributed by atoms with E-state index in [9.17, 15) is 9.90 Å². The molecular formula is C17H23NO2. The first-order valence-electron chi connectivity index (χ1n) is 7.34. The fourth-order valence-corrected chi connectivity index (χ4v) is 2.76. The lowest BCUT2D eigenvalue weighted by Crippen LogP contribution is -2.00. The second-order valence-corrected chi connectivity index (χ2v) is 5.78. The average Bonchev–Trinajstić information content (AvgIpc) is 2.70. The Morgan fingerprint density at radius 2 is 2.05 bits per heavy atom. The Morgan fingerprint density at radius 3 is 2.60 bits per heavy atom. The molecule has 0 unspecified atom stereocenters. The summed E-state index contributed by atoms with van der Waals surface area (Å²) >= 11 is 0. The number of aryl methyl sites for hydroxylation is 2. The summed E-state index contributed by atoms with van der Waals surface area (Å²) in [6.07, 6.45) is 3.27. The third kappa shape index (κ3) is 2.58. The van der Waals surface area contributed by atoms with Gasteiger partial charge in [-0.1, -0.05) is 27.2 Å². The summed E-state index contributed by atoms with van der Waals surface area (Å²) in [5, 5.41) is 10.4. The van der Waals surface area contributed by atoms with Crippen molar-refractivity contribution in [2.75, 3.05) is 0 Å². The smallest absolute Gasteiger partial charge is 0.335 e. The number of carboxylic acids is 1. The number of hydrogen-bond donors (Lipinski definition) is 2. The lowest BCUT2D eigenvalue weighted by molar-refractivity contribution is 0.0697. The Kier molecular flexibility index (Phi) is 4.17. The van der Waals surface area contributed by atoms with Gasteiger partial charge >= 0.3 is 5.97 Å². The number of aromatic nitrogens is 1. The van der Waals surface area contributed by atoms with E-state index in [0.717, 1.165) is 41.4 Å². The largest absolute Gasteiger partial charge is 0.478 e. The summed E-state index contributed by atoms with van der Waals surface area (Å²) in [5.74, 6) is -0.553. The molecule has 0 atom stereocenters. The second-order valence-electron chi connectivity index (χ2n) is 5.78. The molecule has 0 saturated carbocycles. The molecule has 0 radical (unpaired) electrons. The van der Waals surface area contributed by atoms with E-state index < -0.39 is 5.97 Å². The average molecular weight is 273 g/mol. The fraction of sp³-hybridized carbons (Fsp3) is 0.471. The highest BCUT2D eigenvalue weighted by molar-refractivity contribution is 5.97. The highest BCUT2D eigenvalue weighted by atomic mass is 16.4. The Hall–Kier alpha value is -1.77. The van der Waals surface area contributed by atoms with Crippen molar-refractivity contribution in [1.29, 1.82) is 0 Å². The van der Waals surface area contributed by atoms with E-state index in [0.29, 0.717) is 11.5 Å². The second kappa shape index (κ2) is 5.70. The topological polar surface area (TPSA) is 53.1 Å². The van der Waals surface area contributed by atoms with Gasteiger partial charge in [-0.25, -0.2) is 4.79 Å². The standard InChI is InChI=1S/C17H23NO2/c1-5-6-7-13-11(4)18-16-14(10(2)3)8-12(17(19)20)9-15(13)16/h8-10,18H,5-7H2,1-4H3,(H,19,20). The van der Waals surface area contributed by atoms with E-state index in [2.05, 4.69) is 32.7 Å². The van der Waals surface area contributed by atoms with E-state index in [1.165, 1.54) is 5.56 Å². The number of H-pyrrole nitrogens is 1. The summed E-state index contributed by atoms with van der Waals surface area (Å²) in [6.45, 7) is 8.45. The van der Waals surface area contributed by atoms with Crippen LogP contribution in [0, 0.1) is 6.92 Å². The van der Waals surface area contributed by atoms with Crippen molar-refractivity contribution in [3.8, 4) is 0 Å². The van der Waals surface area contributed by atoms with Crippen molar-refractivity contribution in [2.24, 2.45) is 0 Å². The van der Waals surface area contributed by atoms with Crippen LogP contribution in [0.1, 0.15) is 66.7 Å². The van der Waals surface area contributed by atoms with Crippen LogP contribution in [0.15, 0.2) is 12.1 Å². The van der Waals surface area contributed by atoms with Gasteiger partial charge in [-0.05, 0) is 48.9 Å². The monoisotopic (exact) mass is 273 g/mol. The highest BCUT2D eigenvalue weighted by Gasteiger charge is 2.16. The Morgan fingerprint density at radius 1 is 1.35 bits per heavy atom. The van der Waals surface area contributed by atoms with E-state index in [-0.39, 0.29) is 0 Å². The number of rotatable bonds is 5. The van der Waals surface area contributed by atoms with Crippen molar-refractivity contribution in [1.82, 2.24) is 4.98 Å². The molecule has 2 N–H and O–H groups in total. The summed E-state index contributed by atoms with van der Waals surface area (Å²) in [7, 11) is 0. The molecule has 1 heterocycles. The first-order chi connectivity index (χ1) is 9.45. The van der Waals surface area contributed by atoms with Crippen molar-refractivity contribution in [2.45, 2.75) is 52.9 Å². The van der Waals surface area contributed by atoms with Crippen molar-refractivity contribution in [3.63, 3.8) is 0 Å². The van der Waals surface area contributed by atoms with Crippen LogP contribution in [-0.4, -0.2) is 16.1 Å². The minimum Gasteiger partial charge on any atom is -0.478 e. The Balaban J connectivity index is 2.70. The molecule has 2 rings (SSSR count). The molecule has 1 aromatic carbocycles. The molecule has 0 bridgehead atoms. The van der Waals surface area contributed by atoms with Gasteiger partial charge in [0.25, 0.3) is 0 Å². The lowest BCUT2D eigenvalue weighted by atomic mass is 9.95.